The first kappa shape index (κ1) is 24.0. The predicted molar refractivity (Wildman–Crippen MR) is 119 cm³/mol. The first-order valence-electron chi connectivity index (χ1n) is 9.17. The summed E-state index contributed by atoms with van der Waals surface area (Å²) in [5.41, 5.74) is 2.14. The van der Waals surface area contributed by atoms with Crippen molar-refractivity contribution in [1.82, 2.24) is 0 Å². The summed E-state index contributed by atoms with van der Waals surface area (Å²) in [6.07, 6.45) is -1.67. The summed E-state index contributed by atoms with van der Waals surface area (Å²) < 4.78 is 11.8. The molecule has 0 fully saturated rings. The Labute approximate surface area is 186 Å². The van der Waals surface area contributed by atoms with Crippen LogP contribution in [0.2, 0.25) is 0 Å². The molecule has 0 aliphatic heterocycles. The van der Waals surface area contributed by atoms with E-state index >= 15 is 0 Å². The molecule has 5 nitrogen and oxygen atoms in total. The zero-order valence-corrected chi connectivity index (χ0v) is 18.8. The van der Waals surface area contributed by atoms with Gasteiger partial charge in [0.1, 0.15) is 44.8 Å². The van der Waals surface area contributed by atoms with Gasteiger partial charge in [-0.05, 0) is 45.3 Å². The van der Waals surface area contributed by atoms with Gasteiger partial charge < -0.3 is 24.8 Å². The molecule has 0 heterocycles. The highest BCUT2D eigenvalue weighted by atomic mass is 79.9. The molecular weight excluding hydrogens is 458 g/mol. The normalized spacial score (nSPS) is 13.8. The fourth-order valence-corrected chi connectivity index (χ4v) is 3.41. The van der Waals surface area contributed by atoms with Crippen molar-refractivity contribution in [2.45, 2.75) is 31.5 Å². The van der Waals surface area contributed by atoms with Crippen molar-refractivity contribution in [2.75, 3.05) is 25.7 Å². The highest BCUT2D eigenvalue weighted by Crippen LogP contribution is 2.35. The Bertz CT molecular complexity index is 777. The number of halogens is 2. The second kappa shape index (κ2) is 10.7. The molecule has 2 radical (unpaired) electrons. The minimum absolute atomic E-state index is 0.0304. The second-order valence-corrected chi connectivity index (χ2v) is 8.46. The Morgan fingerprint density at radius 2 is 1.66 bits per heavy atom. The molecule has 3 N–H and O–H groups in total. The average molecular weight is 484 g/mol. The van der Waals surface area contributed by atoms with Gasteiger partial charge in [0.15, 0.2) is 0 Å². The van der Waals surface area contributed by atoms with Crippen molar-refractivity contribution in [1.29, 1.82) is 0 Å². The van der Waals surface area contributed by atoms with Gasteiger partial charge in [-0.3, -0.25) is 0 Å². The van der Waals surface area contributed by atoms with Crippen LogP contribution in [0.1, 0.15) is 25.0 Å². The van der Waals surface area contributed by atoms with E-state index in [9.17, 15) is 10.2 Å². The molecule has 2 atom stereocenters. The highest BCUT2D eigenvalue weighted by Gasteiger charge is 2.25. The quantitative estimate of drug-likeness (QED) is 0.357. The first-order valence-corrected chi connectivity index (χ1v) is 10.5. The Balaban J connectivity index is 2.19. The Hall–Kier alpha value is -1.25. The van der Waals surface area contributed by atoms with E-state index in [0.29, 0.717) is 21.4 Å². The molecule has 8 heteroatoms. The number of hydrogen-bond donors (Lipinski definition) is 3. The number of rotatable bonds is 10. The summed E-state index contributed by atoms with van der Waals surface area (Å²) in [5, 5.41) is 27.8. The largest absolute Gasteiger partial charge is 0.491 e. The van der Waals surface area contributed by atoms with Crippen molar-refractivity contribution in [3.05, 3.63) is 52.0 Å². The van der Waals surface area contributed by atoms with Crippen LogP contribution >= 0.6 is 27.5 Å². The number of aliphatic hydroxyl groups is 3. The molecule has 2 aromatic carbocycles. The predicted octanol–water partition coefficient (Wildman–Crippen LogP) is 2.28. The third-order valence-corrected chi connectivity index (χ3v) is 5.57. The SMILES string of the molecule is [B]c1cc(C(C)(C)c2ccc(OCC(O)CO)cc2)cc(Br)c1OCC(O)CCl. The topological polar surface area (TPSA) is 79.2 Å². The van der Waals surface area contributed by atoms with Crippen LogP contribution in [0.15, 0.2) is 40.9 Å². The monoisotopic (exact) mass is 482 g/mol. The van der Waals surface area contributed by atoms with Crippen molar-refractivity contribution < 1.29 is 24.8 Å². The smallest absolute Gasteiger partial charge is 0.126 e. The zero-order chi connectivity index (χ0) is 21.6. The van der Waals surface area contributed by atoms with E-state index in [1.54, 1.807) is 0 Å². The molecule has 29 heavy (non-hydrogen) atoms. The number of ether oxygens (including phenoxy) is 2. The van der Waals surface area contributed by atoms with Crippen molar-refractivity contribution >= 4 is 40.8 Å². The zero-order valence-electron chi connectivity index (χ0n) is 16.4. The standard InChI is InChI=1S/C21H25BBrClO5/c1-21(2,13-3-5-17(6-4-13)28-12-16(27)10-25)14-7-18(22)20(19(23)8-14)29-11-15(26)9-24/h3-8,15-16,25-27H,9-12H2,1-2H3. The summed E-state index contributed by atoms with van der Waals surface area (Å²) in [7, 11) is 6.20. The average Bonchev–Trinajstić information content (AvgIpc) is 2.71. The molecular formula is C21H25BBrClO5. The van der Waals surface area contributed by atoms with Gasteiger partial charge in [0.05, 0.1) is 17.0 Å². The van der Waals surface area contributed by atoms with Crippen LogP contribution in [0, 0.1) is 0 Å². The Kier molecular flexibility index (Phi) is 8.85. The number of aliphatic hydroxyl groups excluding tert-OH is 3. The lowest BCUT2D eigenvalue weighted by molar-refractivity contribution is 0.0536. The number of hydrogen-bond acceptors (Lipinski definition) is 5. The van der Waals surface area contributed by atoms with Crippen LogP contribution in [-0.4, -0.2) is 61.1 Å². The van der Waals surface area contributed by atoms with Crippen LogP contribution < -0.4 is 14.9 Å². The molecule has 0 bridgehead atoms. The van der Waals surface area contributed by atoms with Gasteiger partial charge in [-0.15, -0.1) is 11.6 Å². The van der Waals surface area contributed by atoms with E-state index in [4.69, 9.17) is 34.0 Å². The molecule has 2 unspecified atom stereocenters. The van der Waals surface area contributed by atoms with E-state index in [1.165, 1.54) is 0 Å². The molecule has 156 valence electrons. The minimum atomic E-state index is -0.905. The van der Waals surface area contributed by atoms with E-state index < -0.39 is 12.2 Å². The van der Waals surface area contributed by atoms with E-state index in [2.05, 4.69) is 29.8 Å². The summed E-state index contributed by atoms with van der Waals surface area (Å²) in [6, 6.07) is 11.4. The molecule has 0 saturated heterocycles. The molecule has 0 aliphatic carbocycles. The lowest BCUT2D eigenvalue weighted by Gasteiger charge is -2.28. The van der Waals surface area contributed by atoms with Crippen LogP contribution in [0.4, 0.5) is 0 Å². The molecule has 0 aliphatic rings. The first-order chi connectivity index (χ1) is 13.7. The maximum Gasteiger partial charge on any atom is 0.126 e. The van der Waals surface area contributed by atoms with Crippen LogP contribution in [0.25, 0.3) is 0 Å². The highest BCUT2D eigenvalue weighted by molar-refractivity contribution is 9.10. The number of benzene rings is 2. The van der Waals surface area contributed by atoms with Crippen molar-refractivity contribution in [3.63, 3.8) is 0 Å². The van der Waals surface area contributed by atoms with Crippen LogP contribution in [-0.2, 0) is 5.41 Å². The molecule has 0 amide bonds. The van der Waals surface area contributed by atoms with Gasteiger partial charge in [0.2, 0.25) is 0 Å². The van der Waals surface area contributed by atoms with E-state index in [1.807, 2.05) is 36.4 Å². The van der Waals surface area contributed by atoms with Gasteiger partial charge >= 0.3 is 0 Å². The molecule has 2 aromatic rings. The lowest BCUT2D eigenvalue weighted by Crippen LogP contribution is -2.25. The molecule has 2 rings (SSSR count). The van der Waals surface area contributed by atoms with Gasteiger partial charge in [-0.2, -0.15) is 0 Å². The maximum absolute atomic E-state index is 9.59. The van der Waals surface area contributed by atoms with Gasteiger partial charge in [0, 0.05) is 5.41 Å². The van der Waals surface area contributed by atoms with Crippen LogP contribution in [0.5, 0.6) is 11.5 Å². The van der Waals surface area contributed by atoms with Gasteiger partial charge in [-0.1, -0.05) is 37.5 Å². The van der Waals surface area contributed by atoms with E-state index in [0.717, 1.165) is 11.1 Å². The van der Waals surface area contributed by atoms with Gasteiger partial charge in [0.25, 0.3) is 0 Å². The summed E-state index contributed by atoms with van der Waals surface area (Å²) >= 11 is 9.10. The molecule has 0 spiro atoms. The third kappa shape index (κ3) is 6.36. The Morgan fingerprint density at radius 1 is 1.03 bits per heavy atom. The molecule has 0 saturated carbocycles. The summed E-state index contributed by atoms with van der Waals surface area (Å²) in [6.45, 7) is 3.91. The molecule has 0 aromatic heterocycles. The van der Waals surface area contributed by atoms with Crippen molar-refractivity contribution in [2.24, 2.45) is 0 Å². The van der Waals surface area contributed by atoms with Crippen molar-refractivity contribution in [3.8, 4) is 11.5 Å². The number of alkyl halides is 1. The van der Waals surface area contributed by atoms with Gasteiger partial charge in [-0.25, -0.2) is 0 Å². The second-order valence-electron chi connectivity index (χ2n) is 7.29. The Morgan fingerprint density at radius 3 is 2.21 bits per heavy atom. The fourth-order valence-electron chi connectivity index (χ4n) is 2.73. The lowest BCUT2D eigenvalue weighted by atomic mass is 9.76. The minimum Gasteiger partial charge on any atom is -0.491 e. The maximum atomic E-state index is 9.59. The summed E-state index contributed by atoms with van der Waals surface area (Å²) in [5.74, 6) is 1.17. The summed E-state index contributed by atoms with van der Waals surface area (Å²) in [4.78, 5) is 0. The third-order valence-electron chi connectivity index (χ3n) is 4.62. The fraction of sp³-hybridized carbons (Fsp3) is 0.429. The van der Waals surface area contributed by atoms with E-state index in [-0.39, 0.29) is 31.1 Å². The van der Waals surface area contributed by atoms with Crippen LogP contribution in [0.3, 0.4) is 0 Å².